The van der Waals surface area contributed by atoms with Crippen molar-refractivity contribution in [1.29, 1.82) is 0 Å². The third kappa shape index (κ3) is 3.82. The summed E-state index contributed by atoms with van der Waals surface area (Å²) in [5.74, 6) is -0.295. The molecule has 2 atom stereocenters. The molecule has 0 spiro atoms. The first kappa shape index (κ1) is 19.1. The maximum atomic E-state index is 13.5. The number of nitrogens with zero attached hydrogens (tertiary/aromatic N) is 5. The zero-order valence-corrected chi connectivity index (χ0v) is 17.6. The zero-order valence-electron chi connectivity index (χ0n) is 16.7. The molecule has 3 fully saturated rings. The van der Waals surface area contributed by atoms with E-state index in [1.165, 1.54) is 11.3 Å². The van der Waals surface area contributed by atoms with Crippen LogP contribution in [-0.4, -0.2) is 64.0 Å². The molecule has 2 saturated heterocycles. The Bertz CT molecular complexity index is 891. The van der Waals surface area contributed by atoms with Gasteiger partial charge in [-0.2, -0.15) is 0 Å². The Morgan fingerprint density at radius 2 is 1.93 bits per heavy atom. The number of hydrogen-bond donors (Lipinski definition) is 1. The van der Waals surface area contributed by atoms with Gasteiger partial charge >= 0.3 is 0 Å². The fraction of sp³-hybridized carbons (Fsp3) is 0.650. The van der Waals surface area contributed by atoms with Gasteiger partial charge in [0, 0.05) is 61.2 Å². The number of alkyl halides is 2. The first-order chi connectivity index (χ1) is 13.9. The maximum Gasteiger partial charge on any atom is 0.248 e. The molecule has 0 amide bonds. The minimum Gasteiger partial charge on any atom is -0.367 e. The van der Waals surface area contributed by atoms with E-state index in [0.29, 0.717) is 36.6 Å². The topological polar surface area (TPSA) is 57.2 Å². The Kier molecular flexibility index (Phi) is 4.70. The number of fused-ring (bicyclic) bond motifs is 2. The van der Waals surface area contributed by atoms with E-state index in [0.717, 1.165) is 36.0 Å². The van der Waals surface area contributed by atoms with Gasteiger partial charge in [0.1, 0.15) is 11.6 Å². The van der Waals surface area contributed by atoms with Crippen molar-refractivity contribution in [3.8, 4) is 10.8 Å². The first-order valence-corrected chi connectivity index (χ1v) is 11.2. The predicted molar refractivity (Wildman–Crippen MR) is 111 cm³/mol. The number of likely N-dealkylation sites (tertiary alicyclic amines) is 1. The maximum absolute atomic E-state index is 13.5. The van der Waals surface area contributed by atoms with Crippen LogP contribution in [0.1, 0.15) is 37.8 Å². The van der Waals surface area contributed by atoms with Crippen LogP contribution in [0, 0.1) is 6.92 Å². The molecule has 6 nitrogen and oxygen atoms in total. The van der Waals surface area contributed by atoms with Crippen LogP contribution in [0.4, 0.5) is 20.4 Å². The highest BCUT2D eigenvalue weighted by Gasteiger charge is 2.42. The summed E-state index contributed by atoms with van der Waals surface area (Å²) < 4.78 is 27.0. The molecule has 2 bridgehead atoms. The van der Waals surface area contributed by atoms with Crippen LogP contribution >= 0.6 is 11.3 Å². The Morgan fingerprint density at radius 1 is 1.14 bits per heavy atom. The van der Waals surface area contributed by atoms with Crippen LogP contribution in [0.15, 0.2) is 11.4 Å². The number of hydrogen-bond acceptors (Lipinski definition) is 7. The molecule has 0 aromatic carbocycles. The standard InChI is InChI=1S/C20H26F2N6S/c1-12-11-29-19(23-12)18-25-16(24-13-3-5-20(21,22)6-4-13)8-17(26-18)28-10-14-7-15(28)9-27(14)2/h8,11,13-15H,3-7,9-10H2,1-2H3,(H,24,25,26). The minimum absolute atomic E-state index is 0.0180. The number of aryl methyl sites for hydroxylation is 1. The number of halogens is 2. The highest BCUT2D eigenvalue weighted by atomic mass is 32.1. The van der Waals surface area contributed by atoms with E-state index in [-0.39, 0.29) is 18.9 Å². The summed E-state index contributed by atoms with van der Waals surface area (Å²) in [4.78, 5) is 18.9. The van der Waals surface area contributed by atoms with Crippen molar-refractivity contribution in [3.63, 3.8) is 0 Å². The lowest BCUT2D eigenvalue weighted by Crippen LogP contribution is -2.45. The van der Waals surface area contributed by atoms with Crippen molar-refractivity contribution in [3.05, 3.63) is 17.1 Å². The van der Waals surface area contributed by atoms with E-state index < -0.39 is 5.92 Å². The molecule has 1 N–H and O–H groups in total. The molecule has 2 aromatic heterocycles. The normalized spacial score (nSPS) is 27.0. The third-order valence-electron chi connectivity index (χ3n) is 6.40. The predicted octanol–water partition coefficient (Wildman–Crippen LogP) is 3.79. The van der Waals surface area contributed by atoms with Crippen molar-refractivity contribution in [2.24, 2.45) is 0 Å². The lowest BCUT2D eigenvalue weighted by Gasteiger charge is -2.33. The largest absolute Gasteiger partial charge is 0.367 e. The van der Waals surface area contributed by atoms with Crippen LogP contribution in [0.5, 0.6) is 0 Å². The molecule has 9 heteroatoms. The second-order valence-electron chi connectivity index (χ2n) is 8.64. The molecule has 2 aromatic rings. The minimum atomic E-state index is -2.53. The molecule has 1 saturated carbocycles. The average Bonchev–Trinajstić information content (AvgIpc) is 3.38. The van der Waals surface area contributed by atoms with Crippen LogP contribution in [-0.2, 0) is 0 Å². The van der Waals surface area contributed by atoms with E-state index in [1.54, 1.807) is 0 Å². The first-order valence-electron chi connectivity index (χ1n) is 10.3. The molecule has 3 aliphatic rings. The quantitative estimate of drug-likeness (QED) is 0.812. The summed E-state index contributed by atoms with van der Waals surface area (Å²) in [7, 11) is 2.18. The van der Waals surface area contributed by atoms with Gasteiger partial charge in [-0.05, 0) is 33.2 Å². The molecule has 5 rings (SSSR count). The van der Waals surface area contributed by atoms with Crippen molar-refractivity contribution in [1.82, 2.24) is 19.9 Å². The van der Waals surface area contributed by atoms with Crippen molar-refractivity contribution >= 4 is 23.0 Å². The molecule has 2 aliphatic heterocycles. The Morgan fingerprint density at radius 3 is 2.55 bits per heavy atom. The van der Waals surface area contributed by atoms with Crippen LogP contribution < -0.4 is 10.2 Å². The van der Waals surface area contributed by atoms with Gasteiger partial charge in [0.25, 0.3) is 0 Å². The summed E-state index contributed by atoms with van der Waals surface area (Å²) in [6.07, 6.45) is 1.94. The summed E-state index contributed by atoms with van der Waals surface area (Å²) >= 11 is 1.53. The van der Waals surface area contributed by atoms with Crippen LogP contribution in [0.3, 0.4) is 0 Å². The lowest BCUT2D eigenvalue weighted by atomic mass is 9.92. The second kappa shape index (κ2) is 7.12. The van der Waals surface area contributed by atoms with Gasteiger partial charge in [-0.15, -0.1) is 11.3 Å². The van der Waals surface area contributed by atoms with E-state index in [1.807, 2.05) is 18.4 Å². The highest BCUT2D eigenvalue weighted by molar-refractivity contribution is 7.13. The number of rotatable bonds is 4. The number of likely N-dealkylation sites (N-methyl/N-ethyl adjacent to an activating group) is 1. The van der Waals surface area contributed by atoms with Gasteiger partial charge in [-0.3, -0.25) is 4.90 Å². The smallest absolute Gasteiger partial charge is 0.248 e. The number of aromatic nitrogens is 3. The molecular weight excluding hydrogens is 394 g/mol. The number of piperazine rings is 1. The molecule has 4 heterocycles. The number of nitrogens with one attached hydrogen (secondary N) is 1. The molecular formula is C20H26F2N6S. The van der Waals surface area contributed by atoms with Gasteiger partial charge in [0.15, 0.2) is 10.8 Å². The highest BCUT2D eigenvalue weighted by Crippen LogP contribution is 2.37. The molecule has 29 heavy (non-hydrogen) atoms. The third-order valence-corrected chi connectivity index (χ3v) is 7.36. The van der Waals surface area contributed by atoms with Gasteiger partial charge < -0.3 is 10.2 Å². The Balaban J connectivity index is 1.43. The second-order valence-corrected chi connectivity index (χ2v) is 9.50. The Hall–Kier alpha value is -1.87. The molecule has 156 valence electrons. The summed E-state index contributed by atoms with van der Waals surface area (Å²) in [5, 5.41) is 6.20. The Labute approximate surface area is 173 Å². The SMILES string of the molecule is Cc1csc(-c2nc(NC3CCC(F)(F)CC3)cc(N3CC4CC3CN4C)n2)n1. The van der Waals surface area contributed by atoms with E-state index in [2.05, 4.69) is 27.1 Å². The molecule has 2 unspecified atom stereocenters. The van der Waals surface area contributed by atoms with Gasteiger partial charge in [0.2, 0.25) is 5.92 Å². The lowest BCUT2D eigenvalue weighted by molar-refractivity contribution is -0.0361. The number of thiazole rings is 1. The number of anilines is 2. The van der Waals surface area contributed by atoms with Crippen molar-refractivity contribution in [2.75, 3.05) is 30.4 Å². The van der Waals surface area contributed by atoms with Crippen LogP contribution in [0.2, 0.25) is 0 Å². The van der Waals surface area contributed by atoms with Crippen LogP contribution in [0.25, 0.3) is 10.8 Å². The average molecular weight is 421 g/mol. The summed E-state index contributed by atoms with van der Waals surface area (Å²) in [6, 6.07) is 3.03. The monoisotopic (exact) mass is 420 g/mol. The fourth-order valence-corrected chi connectivity index (χ4v) is 5.48. The van der Waals surface area contributed by atoms with Crippen molar-refractivity contribution in [2.45, 2.75) is 63.1 Å². The summed E-state index contributed by atoms with van der Waals surface area (Å²) in [5.41, 5.74) is 0.949. The van der Waals surface area contributed by atoms with Crippen molar-refractivity contribution < 1.29 is 8.78 Å². The van der Waals surface area contributed by atoms with E-state index >= 15 is 0 Å². The fourth-order valence-electron chi connectivity index (χ4n) is 4.75. The molecule has 0 radical (unpaired) electrons. The summed E-state index contributed by atoms with van der Waals surface area (Å²) in [6.45, 7) is 3.96. The van der Waals surface area contributed by atoms with E-state index in [4.69, 9.17) is 9.97 Å². The zero-order chi connectivity index (χ0) is 20.2. The van der Waals surface area contributed by atoms with Gasteiger partial charge in [0.05, 0.1) is 0 Å². The molecule has 1 aliphatic carbocycles. The van der Waals surface area contributed by atoms with Gasteiger partial charge in [-0.25, -0.2) is 23.7 Å². The van der Waals surface area contributed by atoms with Gasteiger partial charge in [-0.1, -0.05) is 0 Å². The van der Waals surface area contributed by atoms with E-state index in [9.17, 15) is 8.78 Å².